The van der Waals surface area contributed by atoms with E-state index >= 15 is 0 Å². The maximum atomic E-state index is 14.2. The maximum Gasteiger partial charge on any atom is 0.257 e. The first kappa shape index (κ1) is 17.2. The highest BCUT2D eigenvalue weighted by Crippen LogP contribution is 2.32. The minimum absolute atomic E-state index is 0.134. The first-order valence-electron chi connectivity index (χ1n) is 8.27. The van der Waals surface area contributed by atoms with Crippen LogP contribution in [0.25, 0.3) is 0 Å². The van der Waals surface area contributed by atoms with Gasteiger partial charge in [-0.05, 0) is 24.6 Å². The molecule has 0 spiro atoms. The molecule has 136 valence electrons. The second-order valence-corrected chi connectivity index (χ2v) is 7.00. The monoisotopic (exact) mass is 379 g/mol. The van der Waals surface area contributed by atoms with E-state index in [1.807, 2.05) is 11.0 Å². The predicted octanol–water partition coefficient (Wildman–Crippen LogP) is 2.61. The number of hydrogen-bond acceptors (Lipinski definition) is 4. The summed E-state index contributed by atoms with van der Waals surface area (Å²) < 4.78 is 28.0. The second-order valence-electron chi connectivity index (χ2n) is 6.59. The van der Waals surface area contributed by atoms with E-state index in [-0.39, 0.29) is 29.7 Å². The van der Waals surface area contributed by atoms with E-state index in [1.165, 1.54) is 17.0 Å². The van der Waals surface area contributed by atoms with E-state index in [0.717, 1.165) is 5.56 Å². The number of fused-ring (bicyclic) bond motifs is 3. The molecule has 1 aromatic carbocycles. The Bertz CT molecular complexity index is 880. The zero-order valence-electron chi connectivity index (χ0n) is 13.7. The number of aliphatic hydroxyl groups excluding tert-OH is 1. The molecule has 0 saturated carbocycles. The Morgan fingerprint density at radius 3 is 2.85 bits per heavy atom. The van der Waals surface area contributed by atoms with Gasteiger partial charge in [-0.1, -0.05) is 17.7 Å². The molecular formula is C18H16ClF2N3O2. The Morgan fingerprint density at radius 2 is 2.04 bits per heavy atom. The van der Waals surface area contributed by atoms with E-state index in [1.54, 1.807) is 12.3 Å². The topological polar surface area (TPSA) is 56.7 Å². The van der Waals surface area contributed by atoms with Crippen molar-refractivity contribution in [3.63, 3.8) is 0 Å². The van der Waals surface area contributed by atoms with Gasteiger partial charge in [-0.15, -0.1) is 0 Å². The van der Waals surface area contributed by atoms with Crippen molar-refractivity contribution in [2.45, 2.75) is 25.1 Å². The van der Waals surface area contributed by atoms with Crippen LogP contribution in [0.5, 0.6) is 0 Å². The van der Waals surface area contributed by atoms with E-state index in [4.69, 9.17) is 11.6 Å². The van der Waals surface area contributed by atoms with Crippen molar-refractivity contribution in [3.8, 4) is 0 Å². The number of carbonyl (C=O) groups is 1. The molecule has 2 aliphatic heterocycles. The van der Waals surface area contributed by atoms with Gasteiger partial charge in [0.1, 0.15) is 5.82 Å². The average Bonchev–Trinajstić information content (AvgIpc) is 2.92. The maximum absolute atomic E-state index is 14.2. The zero-order valence-corrected chi connectivity index (χ0v) is 14.5. The average molecular weight is 380 g/mol. The van der Waals surface area contributed by atoms with Crippen molar-refractivity contribution < 1.29 is 18.7 Å². The SMILES string of the molecule is O=C(c1ccc(Cl)c(F)c1F)N1Cc2cccnc2N2C[C@H](O)C[C@@H]2C1. The lowest BCUT2D eigenvalue weighted by Gasteiger charge is -2.26. The van der Waals surface area contributed by atoms with Crippen LogP contribution in [0.3, 0.4) is 0 Å². The summed E-state index contributed by atoms with van der Waals surface area (Å²) in [5.41, 5.74) is 0.441. The van der Waals surface area contributed by atoms with Gasteiger partial charge in [-0.25, -0.2) is 13.8 Å². The van der Waals surface area contributed by atoms with Crippen LogP contribution in [0.15, 0.2) is 30.5 Å². The summed E-state index contributed by atoms with van der Waals surface area (Å²) in [5.74, 6) is -2.38. The molecule has 5 nitrogen and oxygen atoms in total. The fourth-order valence-corrected chi connectivity index (χ4v) is 3.82. The van der Waals surface area contributed by atoms with Gasteiger partial charge in [0.25, 0.3) is 5.91 Å². The highest BCUT2D eigenvalue weighted by Gasteiger charge is 2.38. The molecule has 4 rings (SSSR count). The molecule has 0 unspecified atom stereocenters. The summed E-state index contributed by atoms with van der Waals surface area (Å²) >= 11 is 5.58. The molecule has 0 bridgehead atoms. The van der Waals surface area contributed by atoms with Crippen LogP contribution < -0.4 is 4.90 Å². The lowest BCUT2D eigenvalue weighted by molar-refractivity contribution is 0.0727. The largest absolute Gasteiger partial charge is 0.391 e. The van der Waals surface area contributed by atoms with Crippen LogP contribution in [0.4, 0.5) is 14.6 Å². The predicted molar refractivity (Wildman–Crippen MR) is 92.1 cm³/mol. The molecule has 3 heterocycles. The van der Waals surface area contributed by atoms with E-state index < -0.39 is 23.6 Å². The van der Waals surface area contributed by atoms with Crippen LogP contribution >= 0.6 is 11.6 Å². The minimum Gasteiger partial charge on any atom is -0.391 e. The first-order chi connectivity index (χ1) is 12.5. The molecule has 2 atom stereocenters. The summed E-state index contributed by atoms with van der Waals surface area (Å²) in [6.45, 7) is 0.950. The van der Waals surface area contributed by atoms with Crippen LogP contribution in [0.1, 0.15) is 22.3 Å². The third-order valence-corrected chi connectivity index (χ3v) is 5.17. The number of aromatic nitrogens is 1. The van der Waals surface area contributed by atoms with Gasteiger partial charge in [0, 0.05) is 31.4 Å². The van der Waals surface area contributed by atoms with Crippen molar-refractivity contribution in [1.29, 1.82) is 0 Å². The van der Waals surface area contributed by atoms with E-state index in [2.05, 4.69) is 4.98 Å². The molecule has 26 heavy (non-hydrogen) atoms. The normalized spacial score (nSPS) is 22.0. The summed E-state index contributed by atoms with van der Waals surface area (Å²) in [6.07, 6.45) is 1.62. The number of halogens is 3. The van der Waals surface area contributed by atoms with Crippen LogP contribution in [-0.2, 0) is 6.54 Å². The second kappa shape index (κ2) is 6.48. The van der Waals surface area contributed by atoms with Crippen LogP contribution in [0, 0.1) is 11.6 Å². The number of anilines is 1. The van der Waals surface area contributed by atoms with E-state index in [9.17, 15) is 18.7 Å². The molecule has 1 fully saturated rings. The Labute approximate surface area is 153 Å². The number of hydrogen-bond donors (Lipinski definition) is 1. The molecule has 1 saturated heterocycles. The third kappa shape index (κ3) is 2.81. The highest BCUT2D eigenvalue weighted by atomic mass is 35.5. The number of pyridine rings is 1. The molecule has 1 amide bonds. The van der Waals surface area contributed by atoms with Crippen molar-refractivity contribution in [2.24, 2.45) is 0 Å². The molecule has 8 heteroatoms. The lowest BCUT2D eigenvalue weighted by Crippen LogP contribution is -2.40. The third-order valence-electron chi connectivity index (χ3n) is 4.88. The van der Waals surface area contributed by atoms with Crippen LogP contribution in [0.2, 0.25) is 5.02 Å². The Balaban J connectivity index is 1.72. The number of rotatable bonds is 1. The van der Waals surface area contributed by atoms with Gasteiger partial charge in [0.15, 0.2) is 11.6 Å². The Hall–Kier alpha value is -2.25. The molecule has 2 aromatic rings. The van der Waals surface area contributed by atoms with Gasteiger partial charge >= 0.3 is 0 Å². The van der Waals surface area contributed by atoms with Crippen molar-refractivity contribution in [1.82, 2.24) is 9.88 Å². The van der Waals surface area contributed by atoms with Gasteiger partial charge < -0.3 is 14.9 Å². The molecule has 0 radical (unpaired) electrons. The van der Waals surface area contributed by atoms with Gasteiger partial charge in [0.05, 0.1) is 22.7 Å². The Morgan fingerprint density at radius 1 is 1.23 bits per heavy atom. The zero-order chi connectivity index (χ0) is 18.4. The summed E-state index contributed by atoms with van der Waals surface area (Å²) in [4.78, 5) is 20.7. The van der Waals surface area contributed by atoms with Crippen molar-refractivity contribution in [2.75, 3.05) is 18.0 Å². The first-order valence-corrected chi connectivity index (χ1v) is 8.65. The number of benzene rings is 1. The summed E-state index contributed by atoms with van der Waals surface area (Å²) in [6, 6.07) is 5.84. The number of amides is 1. The van der Waals surface area contributed by atoms with E-state index in [0.29, 0.717) is 18.8 Å². The summed E-state index contributed by atoms with van der Waals surface area (Å²) in [5, 5.41) is 9.67. The summed E-state index contributed by atoms with van der Waals surface area (Å²) in [7, 11) is 0. The van der Waals surface area contributed by atoms with Crippen molar-refractivity contribution in [3.05, 3.63) is 58.2 Å². The van der Waals surface area contributed by atoms with Crippen molar-refractivity contribution >= 4 is 23.3 Å². The fraction of sp³-hybridized carbons (Fsp3) is 0.333. The molecule has 1 N–H and O–H groups in total. The fourth-order valence-electron chi connectivity index (χ4n) is 3.68. The molecule has 2 aliphatic rings. The van der Waals surface area contributed by atoms with Gasteiger partial charge in [-0.3, -0.25) is 4.79 Å². The number of nitrogens with zero attached hydrogens (tertiary/aromatic N) is 3. The smallest absolute Gasteiger partial charge is 0.257 e. The standard InChI is InChI=1S/C18H16ClF2N3O2/c19-14-4-3-13(15(20)16(14)21)18(26)23-7-10-2-1-5-22-17(10)24-9-12(25)6-11(24)8-23/h1-5,11-12,25H,6-9H2/t11-,12-/m1/s1. The number of carbonyl (C=O) groups excluding carboxylic acids is 1. The van der Waals surface area contributed by atoms with Crippen LogP contribution in [-0.4, -0.2) is 46.1 Å². The quantitative estimate of drug-likeness (QED) is 0.774. The van der Waals surface area contributed by atoms with Gasteiger partial charge in [-0.2, -0.15) is 0 Å². The highest BCUT2D eigenvalue weighted by molar-refractivity contribution is 6.30. The molecule has 0 aliphatic carbocycles. The Kier molecular flexibility index (Phi) is 4.28. The minimum atomic E-state index is -1.25. The lowest BCUT2D eigenvalue weighted by atomic mass is 10.1. The van der Waals surface area contributed by atoms with Gasteiger partial charge in [0.2, 0.25) is 0 Å². The molecule has 1 aromatic heterocycles. The number of aliphatic hydroxyl groups is 1. The molecular weight excluding hydrogens is 364 g/mol.